The summed E-state index contributed by atoms with van der Waals surface area (Å²) in [5.74, 6) is 0.00459. The van der Waals surface area contributed by atoms with E-state index in [2.05, 4.69) is 15.4 Å². The van der Waals surface area contributed by atoms with E-state index in [4.69, 9.17) is 4.74 Å². The molecule has 0 atom stereocenters. The maximum absolute atomic E-state index is 12.9. The van der Waals surface area contributed by atoms with E-state index in [1.54, 1.807) is 47.3 Å². The first-order valence-electron chi connectivity index (χ1n) is 10.0. The van der Waals surface area contributed by atoms with Crippen LogP contribution in [0.2, 0.25) is 0 Å². The maximum Gasteiger partial charge on any atom is 0.416 e. The van der Waals surface area contributed by atoms with Gasteiger partial charge < -0.3 is 10.1 Å². The zero-order chi connectivity index (χ0) is 23.3. The van der Waals surface area contributed by atoms with Gasteiger partial charge >= 0.3 is 6.18 Å². The molecule has 0 spiro atoms. The van der Waals surface area contributed by atoms with Gasteiger partial charge in [0.15, 0.2) is 0 Å². The maximum atomic E-state index is 12.9. The monoisotopic (exact) mass is 452 g/mol. The number of alkyl halides is 3. The molecule has 0 saturated heterocycles. The number of hydrogen-bond acceptors (Lipinski definition) is 4. The second kappa shape index (κ2) is 9.56. The number of ether oxygens (including phenoxy) is 1. The van der Waals surface area contributed by atoms with E-state index in [1.807, 2.05) is 12.3 Å². The summed E-state index contributed by atoms with van der Waals surface area (Å²) in [5, 5.41) is 6.84. The van der Waals surface area contributed by atoms with E-state index in [1.165, 1.54) is 18.3 Å². The number of amides is 1. The number of benzene rings is 2. The van der Waals surface area contributed by atoms with Crippen LogP contribution in [-0.2, 0) is 12.7 Å². The van der Waals surface area contributed by atoms with Crippen LogP contribution in [0.3, 0.4) is 0 Å². The number of carbonyl (C=O) groups is 1. The van der Waals surface area contributed by atoms with Crippen LogP contribution in [0.15, 0.2) is 85.3 Å². The summed E-state index contributed by atoms with van der Waals surface area (Å²) in [7, 11) is 0. The number of nitrogens with one attached hydrogen (secondary N) is 1. The van der Waals surface area contributed by atoms with Crippen molar-refractivity contribution in [1.29, 1.82) is 0 Å². The van der Waals surface area contributed by atoms with Gasteiger partial charge in [-0.15, -0.1) is 0 Å². The molecule has 0 fully saturated rings. The minimum Gasteiger partial charge on any atom is -0.476 e. The van der Waals surface area contributed by atoms with Crippen LogP contribution in [0.5, 0.6) is 5.88 Å². The molecule has 2 aromatic carbocycles. The first kappa shape index (κ1) is 22.1. The van der Waals surface area contributed by atoms with Crippen LogP contribution in [-0.4, -0.2) is 27.3 Å². The molecule has 4 aromatic rings. The van der Waals surface area contributed by atoms with Gasteiger partial charge in [-0.05, 0) is 41.5 Å². The lowest BCUT2D eigenvalue weighted by Gasteiger charge is -2.12. The second-order valence-corrected chi connectivity index (χ2v) is 7.08. The largest absolute Gasteiger partial charge is 0.476 e. The highest BCUT2D eigenvalue weighted by atomic mass is 19.4. The summed E-state index contributed by atoms with van der Waals surface area (Å²) in [6, 6.07) is 16.5. The number of anilines is 1. The predicted molar refractivity (Wildman–Crippen MR) is 117 cm³/mol. The predicted octanol–water partition coefficient (Wildman–Crippen LogP) is 5.30. The topological polar surface area (TPSA) is 69.0 Å². The zero-order valence-electron chi connectivity index (χ0n) is 17.3. The third-order valence-electron chi connectivity index (χ3n) is 4.82. The van der Waals surface area contributed by atoms with Crippen molar-refractivity contribution in [2.45, 2.75) is 12.7 Å². The van der Waals surface area contributed by atoms with Crippen LogP contribution < -0.4 is 10.1 Å². The molecule has 0 aliphatic rings. The summed E-state index contributed by atoms with van der Waals surface area (Å²) < 4.78 is 45.9. The number of carbonyl (C=O) groups excluding carboxylic acids is 1. The number of pyridine rings is 1. The minimum absolute atomic E-state index is 0.330. The first-order chi connectivity index (χ1) is 15.9. The van der Waals surface area contributed by atoms with E-state index in [9.17, 15) is 18.0 Å². The highest BCUT2D eigenvalue weighted by Gasteiger charge is 2.30. The molecule has 1 N–H and O–H groups in total. The van der Waals surface area contributed by atoms with E-state index in [0.29, 0.717) is 41.4 Å². The average Bonchev–Trinajstić information content (AvgIpc) is 3.33. The Morgan fingerprint density at radius 2 is 1.79 bits per heavy atom. The molecule has 6 nitrogen and oxygen atoms in total. The Morgan fingerprint density at radius 3 is 2.45 bits per heavy atom. The Hall–Kier alpha value is -4.14. The molecular formula is C24H19F3N4O2. The summed E-state index contributed by atoms with van der Waals surface area (Å²) in [6.07, 6.45) is 0.572. The van der Waals surface area contributed by atoms with Gasteiger partial charge in [-0.2, -0.15) is 18.3 Å². The van der Waals surface area contributed by atoms with Gasteiger partial charge in [0.05, 0.1) is 24.0 Å². The van der Waals surface area contributed by atoms with E-state index >= 15 is 0 Å². The number of halogens is 3. The fourth-order valence-corrected chi connectivity index (χ4v) is 3.19. The number of nitrogens with zero attached hydrogens (tertiary/aromatic N) is 3. The smallest absolute Gasteiger partial charge is 0.416 e. The van der Waals surface area contributed by atoms with Gasteiger partial charge in [0.2, 0.25) is 5.88 Å². The molecule has 0 aliphatic carbocycles. The van der Waals surface area contributed by atoms with E-state index in [0.717, 1.165) is 12.1 Å². The first-order valence-corrected chi connectivity index (χ1v) is 10.0. The number of hydrogen-bond donors (Lipinski definition) is 1. The average molecular weight is 452 g/mol. The Balaban J connectivity index is 1.42. The Labute approximate surface area is 187 Å². The Kier molecular flexibility index (Phi) is 6.39. The summed E-state index contributed by atoms with van der Waals surface area (Å²) in [6.45, 7) is 0.967. The molecule has 33 heavy (non-hydrogen) atoms. The summed E-state index contributed by atoms with van der Waals surface area (Å²) >= 11 is 0. The van der Waals surface area contributed by atoms with Crippen molar-refractivity contribution in [2.75, 3.05) is 11.9 Å². The summed E-state index contributed by atoms with van der Waals surface area (Å²) in [4.78, 5) is 17.0. The molecule has 2 heterocycles. The highest BCUT2D eigenvalue weighted by Crippen LogP contribution is 2.32. The van der Waals surface area contributed by atoms with Gasteiger partial charge in [-0.1, -0.05) is 30.3 Å². The Morgan fingerprint density at radius 1 is 1.00 bits per heavy atom. The quantitative estimate of drug-likeness (QED) is 0.413. The molecule has 1 amide bonds. The molecule has 4 rings (SSSR count). The Bertz CT molecular complexity index is 1210. The molecule has 9 heteroatoms. The standard InChI is InChI=1S/C24H19F3N4O2/c25-24(26,27)18-8-6-17(7-9-18)20-4-1-2-5-21(20)23(32)30-19-10-11-22(28-16-19)33-15-14-31-13-3-12-29-31/h1-13,16H,14-15H2,(H,30,32). The minimum atomic E-state index is -4.42. The second-order valence-electron chi connectivity index (χ2n) is 7.08. The molecule has 0 saturated carbocycles. The van der Waals surface area contributed by atoms with Crippen molar-refractivity contribution in [3.8, 4) is 17.0 Å². The molecular weight excluding hydrogens is 433 g/mol. The molecule has 0 unspecified atom stereocenters. The molecule has 2 aromatic heterocycles. The van der Waals surface area contributed by atoms with E-state index in [-0.39, 0.29) is 0 Å². The van der Waals surface area contributed by atoms with E-state index < -0.39 is 17.6 Å². The molecule has 0 bridgehead atoms. The fourth-order valence-electron chi connectivity index (χ4n) is 3.19. The summed E-state index contributed by atoms with van der Waals surface area (Å²) in [5.41, 5.74) is 1.08. The normalized spacial score (nSPS) is 11.2. The van der Waals surface area contributed by atoms with Crippen molar-refractivity contribution >= 4 is 11.6 Å². The fraction of sp³-hybridized carbons (Fsp3) is 0.125. The third kappa shape index (κ3) is 5.57. The number of rotatable bonds is 7. The van der Waals surface area contributed by atoms with Gasteiger partial charge in [0.1, 0.15) is 6.61 Å². The van der Waals surface area contributed by atoms with Crippen LogP contribution in [0.4, 0.5) is 18.9 Å². The molecule has 0 radical (unpaired) electrons. The molecule has 168 valence electrons. The van der Waals surface area contributed by atoms with Crippen LogP contribution >= 0.6 is 0 Å². The van der Waals surface area contributed by atoms with Crippen molar-refractivity contribution in [1.82, 2.24) is 14.8 Å². The lowest BCUT2D eigenvalue weighted by Crippen LogP contribution is -2.13. The van der Waals surface area contributed by atoms with Gasteiger partial charge in [-0.25, -0.2) is 4.98 Å². The van der Waals surface area contributed by atoms with Crippen molar-refractivity contribution in [2.24, 2.45) is 0 Å². The zero-order valence-corrected chi connectivity index (χ0v) is 17.3. The van der Waals surface area contributed by atoms with Crippen molar-refractivity contribution in [3.63, 3.8) is 0 Å². The van der Waals surface area contributed by atoms with Crippen LogP contribution in [0, 0.1) is 0 Å². The highest BCUT2D eigenvalue weighted by molar-refractivity contribution is 6.08. The molecule has 0 aliphatic heterocycles. The lowest BCUT2D eigenvalue weighted by molar-refractivity contribution is -0.137. The third-order valence-corrected chi connectivity index (χ3v) is 4.82. The van der Waals surface area contributed by atoms with Crippen LogP contribution in [0.25, 0.3) is 11.1 Å². The van der Waals surface area contributed by atoms with Crippen LogP contribution in [0.1, 0.15) is 15.9 Å². The van der Waals surface area contributed by atoms with Gasteiger partial charge in [0.25, 0.3) is 5.91 Å². The van der Waals surface area contributed by atoms with Gasteiger partial charge in [0, 0.05) is 24.0 Å². The lowest BCUT2D eigenvalue weighted by atomic mass is 9.98. The van der Waals surface area contributed by atoms with Crippen molar-refractivity contribution in [3.05, 3.63) is 96.4 Å². The number of aromatic nitrogens is 3. The van der Waals surface area contributed by atoms with Crippen molar-refractivity contribution < 1.29 is 22.7 Å². The SMILES string of the molecule is O=C(Nc1ccc(OCCn2cccn2)nc1)c1ccccc1-c1ccc(C(F)(F)F)cc1. The van der Waals surface area contributed by atoms with Gasteiger partial charge in [-0.3, -0.25) is 9.48 Å².